The molecule has 108 valence electrons. The number of rotatable bonds is 1. The zero-order valence-corrected chi connectivity index (χ0v) is 12.4. The molecule has 2 heterocycles. The first kappa shape index (κ1) is 13.4. The Morgan fingerprint density at radius 2 is 1.90 bits per heavy atom. The van der Waals surface area contributed by atoms with Crippen molar-refractivity contribution < 1.29 is 8.42 Å². The molecule has 0 atom stereocenters. The van der Waals surface area contributed by atoms with Crippen molar-refractivity contribution >= 4 is 21.5 Å². The number of nitrogens with two attached hydrogens (primary N) is 1. The van der Waals surface area contributed by atoms with Crippen molar-refractivity contribution in [2.24, 2.45) is 10.7 Å². The molecule has 2 aliphatic heterocycles. The Morgan fingerprint density at radius 1 is 1.25 bits per heavy atom. The van der Waals surface area contributed by atoms with Crippen LogP contribution >= 0.6 is 0 Å². The number of sulfone groups is 1. The number of guanidine groups is 1. The van der Waals surface area contributed by atoms with Crippen LogP contribution in [0.4, 0.5) is 5.69 Å². The molecule has 2 aliphatic rings. The van der Waals surface area contributed by atoms with Crippen LogP contribution in [0.5, 0.6) is 0 Å². The second-order valence-electron chi connectivity index (χ2n) is 5.67. The summed E-state index contributed by atoms with van der Waals surface area (Å²) in [5.41, 5.74) is 7.98. The van der Waals surface area contributed by atoms with Crippen LogP contribution in [0, 0.1) is 6.92 Å². The molecule has 5 nitrogen and oxygen atoms in total. The summed E-state index contributed by atoms with van der Waals surface area (Å²) < 4.78 is 23.4. The molecule has 1 fully saturated rings. The second-order valence-corrected chi connectivity index (χ2v) is 7.98. The van der Waals surface area contributed by atoms with Crippen LogP contribution in [-0.2, 0) is 9.84 Å². The van der Waals surface area contributed by atoms with E-state index in [1.54, 1.807) is 0 Å². The Labute approximate surface area is 119 Å². The maximum Gasteiger partial charge on any atom is 0.196 e. The summed E-state index contributed by atoms with van der Waals surface area (Å²) in [5, 5.41) is 0. The fraction of sp³-hybridized carbons (Fsp3) is 0.500. The minimum Gasteiger partial charge on any atom is -0.369 e. The molecule has 0 aliphatic carbocycles. The lowest BCUT2D eigenvalue weighted by molar-refractivity contribution is 0.408. The van der Waals surface area contributed by atoms with Gasteiger partial charge in [0, 0.05) is 5.69 Å². The van der Waals surface area contributed by atoms with Gasteiger partial charge in [-0.05, 0) is 31.4 Å². The zero-order chi connectivity index (χ0) is 14.4. The van der Waals surface area contributed by atoms with Crippen LogP contribution in [-0.4, -0.2) is 38.0 Å². The smallest absolute Gasteiger partial charge is 0.196 e. The van der Waals surface area contributed by atoms with Gasteiger partial charge in [0.2, 0.25) is 0 Å². The summed E-state index contributed by atoms with van der Waals surface area (Å²) in [5.74, 6) is 0.940. The normalized spacial score (nSPS) is 23.9. The Morgan fingerprint density at radius 3 is 2.55 bits per heavy atom. The van der Waals surface area contributed by atoms with Gasteiger partial charge in [-0.2, -0.15) is 0 Å². The van der Waals surface area contributed by atoms with E-state index >= 15 is 0 Å². The molecule has 6 heteroatoms. The molecular formula is C14H19N3O2S. The molecule has 3 rings (SSSR count). The SMILES string of the molecule is Cc1ccccc1N1C(N)=NCC12CCS(=O)(=O)CC2. The minimum atomic E-state index is -2.90. The summed E-state index contributed by atoms with van der Waals surface area (Å²) in [7, 11) is -2.90. The molecule has 0 radical (unpaired) electrons. The van der Waals surface area contributed by atoms with E-state index in [1.807, 2.05) is 31.2 Å². The number of benzene rings is 1. The van der Waals surface area contributed by atoms with Crippen LogP contribution in [0.15, 0.2) is 29.3 Å². The van der Waals surface area contributed by atoms with E-state index in [0.29, 0.717) is 25.3 Å². The molecule has 0 aromatic heterocycles. The molecular weight excluding hydrogens is 274 g/mol. The third-order valence-corrected chi connectivity index (χ3v) is 6.00. The fourth-order valence-corrected chi connectivity index (χ4v) is 4.69. The predicted molar refractivity (Wildman–Crippen MR) is 80.8 cm³/mol. The van der Waals surface area contributed by atoms with E-state index in [-0.39, 0.29) is 17.0 Å². The van der Waals surface area contributed by atoms with E-state index in [0.717, 1.165) is 11.3 Å². The number of hydrogen-bond donors (Lipinski definition) is 1. The number of aliphatic imine (C=N–C) groups is 1. The molecule has 0 saturated carbocycles. The van der Waals surface area contributed by atoms with Gasteiger partial charge in [-0.25, -0.2) is 8.42 Å². The van der Waals surface area contributed by atoms with E-state index in [2.05, 4.69) is 9.89 Å². The highest BCUT2D eigenvalue weighted by molar-refractivity contribution is 7.91. The van der Waals surface area contributed by atoms with E-state index in [4.69, 9.17) is 5.73 Å². The number of hydrogen-bond acceptors (Lipinski definition) is 5. The summed E-state index contributed by atoms with van der Waals surface area (Å²) in [6.45, 7) is 2.62. The van der Waals surface area contributed by atoms with Crippen molar-refractivity contribution in [1.82, 2.24) is 0 Å². The number of anilines is 1. The van der Waals surface area contributed by atoms with Gasteiger partial charge in [-0.15, -0.1) is 0 Å². The average molecular weight is 293 g/mol. The van der Waals surface area contributed by atoms with E-state index in [1.165, 1.54) is 0 Å². The summed E-state index contributed by atoms with van der Waals surface area (Å²) in [6.07, 6.45) is 1.18. The molecule has 1 saturated heterocycles. The van der Waals surface area contributed by atoms with Crippen molar-refractivity contribution in [3.05, 3.63) is 29.8 Å². The Bertz CT molecular complexity index is 653. The maximum absolute atomic E-state index is 11.7. The molecule has 0 unspecified atom stereocenters. The van der Waals surface area contributed by atoms with E-state index < -0.39 is 9.84 Å². The third-order valence-electron chi connectivity index (χ3n) is 4.35. The zero-order valence-electron chi connectivity index (χ0n) is 11.5. The van der Waals surface area contributed by atoms with Crippen molar-refractivity contribution in [1.29, 1.82) is 0 Å². The van der Waals surface area contributed by atoms with E-state index in [9.17, 15) is 8.42 Å². The van der Waals surface area contributed by atoms with Gasteiger partial charge in [-0.3, -0.25) is 4.99 Å². The van der Waals surface area contributed by atoms with Gasteiger partial charge in [0.25, 0.3) is 0 Å². The minimum absolute atomic E-state index is 0.220. The average Bonchev–Trinajstić information content (AvgIpc) is 2.72. The fourth-order valence-electron chi connectivity index (χ4n) is 3.11. The number of nitrogens with zero attached hydrogens (tertiary/aromatic N) is 2. The monoisotopic (exact) mass is 293 g/mol. The molecule has 2 N–H and O–H groups in total. The van der Waals surface area contributed by atoms with Gasteiger partial charge in [0.05, 0.1) is 23.6 Å². The first-order valence-corrected chi connectivity index (χ1v) is 8.62. The first-order chi connectivity index (χ1) is 9.44. The topological polar surface area (TPSA) is 75.8 Å². The Kier molecular flexibility index (Phi) is 3.01. The summed E-state index contributed by atoms with van der Waals surface area (Å²) >= 11 is 0. The van der Waals surface area contributed by atoms with Crippen molar-refractivity contribution in [3.63, 3.8) is 0 Å². The van der Waals surface area contributed by atoms with Gasteiger partial charge in [0.15, 0.2) is 15.8 Å². The van der Waals surface area contributed by atoms with Crippen molar-refractivity contribution in [2.75, 3.05) is 23.0 Å². The standard InChI is InChI=1S/C14H19N3O2S/c1-11-4-2-3-5-12(11)17-13(15)16-10-14(17)6-8-20(18,19)9-7-14/h2-5H,6-10H2,1H3,(H2,15,16). The highest BCUT2D eigenvalue weighted by Crippen LogP contribution is 2.38. The van der Waals surface area contributed by atoms with Crippen molar-refractivity contribution in [3.8, 4) is 0 Å². The summed E-state index contributed by atoms with van der Waals surface area (Å²) in [4.78, 5) is 6.44. The highest BCUT2D eigenvalue weighted by Gasteiger charge is 2.47. The van der Waals surface area contributed by atoms with Crippen LogP contribution in [0.2, 0.25) is 0 Å². The van der Waals surface area contributed by atoms with Crippen molar-refractivity contribution in [2.45, 2.75) is 25.3 Å². The van der Waals surface area contributed by atoms with Gasteiger partial charge < -0.3 is 10.6 Å². The van der Waals surface area contributed by atoms with Crippen LogP contribution < -0.4 is 10.6 Å². The molecule has 0 amide bonds. The third kappa shape index (κ3) is 2.08. The van der Waals surface area contributed by atoms with Gasteiger partial charge >= 0.3 is 0 Å². The van der Waals surface area contributed by atoms with Crippen LogP contribution in [0.1, 0.15) is 18.4 Å². The second kappa shape index (κ2) is 4.48. The van der Waals surface area contributed by atoms with Crippen LogP contribution in [0.25, 0.3) is 0 Å². The predicted octanol–water partition coefficient (Wildman–Crippen LogP) is 1.08. The highest BCUT2D eigenvalue weighted by atomic mass is 32.2. The number of aryl methyl sites for hydroxylation is 1. The molecule has 1 spiro atoms. The quantitative estimate of drug-likeness (QED) is 0.840. The first-order valence-electron chi connectivity index (χ1n) is 6.80. The lowest BCUT2D eigenvalue weighted by Crippen LogP contribution is -2.56. The molecule has 20 heavy (non-hydrogen) atoms. The Hall–Kier alpha value is -1.56. The van der Waals surface area contributed by atoms with Gasteiger partial charge in [-0.1, -0.05) is 18.2 Å². The van der Waals surface area contributed by atoms with Gasteiger partial charge in [0.1, 0.15) is 0 Å². The summed E-state index contributed by atoms with van der Waals surface area (Å²) in [6, 6.07) is 8.02. The lowest BCUT2D eigenvalue weighted by atomic mass is 9.90. The molecule has 1 aromatic rings. The number of para-hydroxylation sites is 1. The Balaban J connectivity index is 2.00. The maximum atomic E-state index is 11.7. The van der Waals surface area contributed by atoms with Crippen LogP contribution in [0.3, 0.4) is 0 Å². The largest absolute Gasteiger partial charge is 0.369 e. The molecule has 0 bridgehead atoms. The molecule has 1 aromatic carbocycles. The lowest BCUT2D eigenvalue weighted by Gasteiger charge is -2.42.